The minimum Gasteiger partial charge on any atom is -0.348 e. The normalized spacial score (nSPS) is 10.9. The summed E-state index contributed by atoms with van der Waals surface area (Å²) in [6, 6.07) is 22.8. The predicted molar refractivity (Wildman–Crippen MR) is 115 cm³/mol. The van der Waals surface area contributed by atoms with Gasteiger partial charge in [0.05, 0.1) is 17.3 Å². The molecule has 0 bridgehead atoms. The quantitative estimate of drug-likeness (QED) is 0.391. The van der Waals surface area contributed by atoms with Crippen molar-refractivity contribution in [3.8, 4) is 0 Å². The number of amides is 1. The number of nitrogens with one attached hydrogen (secondary N) is 2. The van der Waals surface area contributed by atoms with E-state index < -0.39 is 0 Å². The summed E-state index contributed by atoms with van der Waals surface area (Å²) >= 11 is 0. The number of rotatable bonds is 6. The Morgan fingerprint density at radius 1 is 1.00 bits per heavy atom. The van der Waals surface area contributed by atoms with Crippen LogP contribution in [-0.4, -0.2) is 22.1 Å². The smallest absolute Gasteiger partial charge is 0.252 e. The van der Waals surface area contributed by atoms with Crippen molar-refractivity contribution in [2.45, 2.75) is 6.54 Å². The van der Waals surface area contributed by atoms with Gasteiger partial charge < -0.3 is 5.32 Å². The lowest BCUT2D eigenvalue weighted by atomic mass is 10.1. The minimum atomic E-state index is -0.160. The maximum atomic E-state index is 12.9. The summed E-state index contributed by atoms with van der Waals surface area (Å²) in [6.45, 7) is 0.457. The molecule has 0 unspecified atom stereocenters. The highest BCUT2D eigenvalue weighted by atomic mass is 16.1. The van der Waals surface area contributed by atoms with E-state index in [4.69, 9.17) is 0 Å². The molecule has 1 amide bonds. The first-order chi connectivity index (χ1) is 14.3. The summed E-state index contributed by atoms with van der Waals surface area (Å²) in [4.78, 5) is 21.5. The van der Waals surface area contributed by atoms with Gasteiger partial charge in [-0.3, -0.25) is 15.2 Å². The molecule has 0 aliphatic carbocycles. The summed E-state index contributed by atoms with van der Waals surface area (Å²) in [5.74, 6) is 0.334. The van der Waals surface area contributed by atoms with Gasteiger partial charge in [0.1, 0.15) is 5.82 Å². The Kier molecular flexibility index (Phi) is 5.53. The first-order valence-corrected chi connectivity index (χ1v) is 9.20. The van der Waals surface area contributed by atoms with Crippen LogP contribution in [0.5, 0.6) is 0 Å². The highest BCUT2D eigenvalue weighted by Gasteiger charge is 2.12. The molecule has 0 saturated heterocycles. The number of aromatic nitrogens is 2. The van der Waals surface area contributed by atoms with Crippen molar-refractivity contribution < 1.29 is 4.79 Å². The Balaban J connectivity index is 1.57. The van der Waals surface area contributed by atoms with Crippen LogP contribution in [0, 0.1) is 0 Å². The number of hydrazone groups is 1. The summed E-state index contributed by atoms with van der Waals surface area (Å²) in [5, 5.41) is 7.97. The van der Waals surface area contributed by atoms with Gasteiger partial charge in [0.2, 0.25) is 0 Å². The highest BCUT2D eigenvalue weighted by molar-refractivity contribution is 6.07. The fourth-order valence-electron chi connectivity index (χ4n) is 2.92. The van der Waals surface area contributed by atoms with Crippen LogP contribution in [0.15, 0.2) is 90.3 Å². The molecule has 6 heteroatoms. The molecule has 2 N–H and O–H groups in total. The van der Waals surface area contributed by atoms with Crippen molar-refractivity contribution in [1.82, 2.24) is 15.3 Å². The Hall–Kier alpha value is -4.06. The number of hydrogen-bond donors (Lipinski definition) is 2. The van der Waals surface area contributed by atoms with Gasteiger partial charge in [-0.05, 0) is 23.8 Å². The molecule has 2 heterocycles. The number of carbonyl (C=O) groups excluding carboxylic acids is 1. The maximum absolute atomic E-state index is 12.9. The van der Waals surface area contributed by atoms with Crippen LogP contribution in [0.1, 0.15) is 21.5 Å². The Labute approximate surface area is 168 Å². The van der Waals surface area contributed by atoms with Gasteiger partial charge in [0.25, 0.3) is 5.91 Å². The molecular weight excluding hydrogens is 362 g/mol. The van der Waals surface area contributed by atoms with E-state index in [1.165, 1.54) is 0 Å². The van der Waals surface area contributed by atoms with Gasteiger partial charge in [-0.25, -0.2) is 4.98 Å². The van der Waals surface area contributed by atoms with E-state index in [0.717, 1.165) is 22.0 Å². The monoisotopic (exact) mass is 381 g/mol. The molecule has 0 saturated carbocycles. The van der Waals surface area contributed by atoms with E-state index in [2.05, 4.69) is 25.8 Å². The molecule has 29 heavy (non-hydrogen) atoms. The molecule has 0 fully saturated rings. The van der Waals surface area contributed by atoms with E-state index in [-0.39, 0.29) is 5.91 Å². The van der Waals surface area contributed by atoms with Crippen LogP contribution in [0.2, 0.25) is 0 Å². The SMILES string of the molecule is O=C(NCc1ccccc1)c1cc(N/N=C/c2cccnc2)nc2ccccc12. The zero-order valence-electron chi connectivity index (χ0n) is 15.6. The van der Waals surface area contributed by atoms with E-state index in [9.17, 15) is 4.79 Å². The standard InChI is InChI=1S/C23H19N5O/c29-23(25-15-17-7-2-1-3-8-17)20-13-22(27-21-11-5-4-10-19(20)21)28-26-16-18-9-6-12-24-14-18/h1-14,16H,15H2,(H,25,29)(H,27,28)/b26-16+. The van der Waals surface area contributed by atoms with Crippen molar-refractivity contribution in [1.29, 1.82) is 0 Å². The first kappa shape index (κ1) is 18.3. The summed E-state index contributed by atoms with van der Waals surface area (Å²) in [7, 11) is 0. The van der Waals surface area contributed by atoms with E-state index in [0.29, 0.717) is 17.9 Å². The zero-order chi connectivity index (χ0) is 19.9. The van der Waals surface area contributed by atoms with Crippen molar-refractivity contribution >= 4 is 28.8 Å². The lowest BCUT2D eigenvalue weighted by molar-refractivity contribution is 0.0952. The Bertz CT molecular complexity index is 1140. The molecule has 0 aliphatic heterocycles. The van der Waals surface area contributed by atoms with Crippen LogP contribution in [-0.2, 0) is 6.54 Å². The van der Waals surface area contributed by atoms with Crippen molar-refractivity contribution in [2.75, 3.05) is 5.43 Å². The highest BCUT2D eigenvalue weighted by Crippen LogP contribution is 2.21. The Morgan fingerprint density at radius 3 is 2.66 bits per heavy atom. The van der Waals surface area contributed by atoms with E-state index in [1.54, 1.807) is 24.7 Å². The average molecular weight is 381 g/mol. The third-order valence-electron chi connectivity index (χ3n) is 4.33. The van der Waals surface area contributed by atoms with Crippen LogP contribution in [0.25, 0.3) is 10.9 Å². The number of benzene rings is 2. The van der Waals surface area contributed by atoms with Crippen LogP contribution in [0.3, 0.4) is 0 Å². The lowest BCUT2D eigenvalue weighted by Crippen LogP contribution is -2.23. The van der Waals surface area contributed by atoms with Crippen LogP contribution >= 0.6 is 0 Å². The average Bonchev–Trinajstić information content (AvgIpc) is 2.78. The van der Waals surface area contributed by atoms with Gasteiger partial charge in [0, 0.05) is 29.9 Å². The molecule has 4 aromatic rings. The third kappa shape index (κ3) is 4.62. The number of anilines is 1. The van der Waals surface area contributed by atoms with Gasteiger partial charge in [0.15, 0.2) is 0 Å². The zero-order valence-corrected chi connectivity index (χ0v) is 15.6. The molecule has 0 radical (unpaired) electrons. The number of carbonyl (C=O) groups is 1. The number of fused-ring (bicyclic) bond motifs is 1. The summed E-state index contributed by atoms with van der Waals surface area (Å²) < 4.78 is 0. The molecule has 0 atom stereocenters. The molecule has 0 aliphatic rings. The number of nitrogens with zero attached hydrogens (tertiary/aromatic N) is 3. The topological polar surface area (TPSA) is 79.3 Å². The molecule has 2 aromatic heterocycles. The second kappa shape index (κ2) is 8.75. The fraction of sp³-hybridized carbons (Fsp3) is 0.0435. The number of pyridine rings is 2. The largest absolute Gasteiger partial charge is 0.348 e. The first-order valence-electron chi connectivity index (χ1n) is 9.20. The van der Waals surface area contributed by atoms with Crippen molar-refractivity contribution in [3.05, 3.63) is 102 Å². The van der Waals surface area contributed by atoms with Gasteiger partial charge >= 0.3 is 0 Å². The molecule has 142 valence electrons. The van der Waals surface area contributed by atoms with E-state index in [1.807, 2.05) is 66.7 Å². The van der Waals surface area contributed by atoms with Gasteiger partial charge in [-0.1, -0.05) is 54.6 Å². The predicted octanol–water partition coefficient (Wildman–Crippen LogP) is 4.01. The molecule has 0 spiro atoms. The minimum absolute atomic E-state index is 0.160. The van der Waals surface area contributed by atoms with Crippen molar-refractivity contribution in [3.63, 3.8) is 0 Å². The number of para-hydroxylation sites is 1. The van der Waals surface area contributed by atoms with Gasteiger partial charge in [-0.2, -0.15) is 5.10 Å². The lowest BCUT2D eigenvalue weighted by Gasteiger charge is -2.10. The van der Waals surface area contributed by atoms with Crippen molar-refractivity contribution in [2.24, 2.45) is 5.10 Å². The van der Waals surface area contributed by atoms with Crippen LogP contribution < -0.4 is 10.7 Å². The maximum Gasteiger partial charge on any atom is 0.252 e. The third-order valence-corrected chi connectivity index (χ3v) is 4.33. The number of hydrogen-bond acceptors (Lipinski definition) is 5. The van der Waals surface area contributed by atoms with Gasteiger partial charge in [-0.15, -0.1) is 0 Å². The molecule has 6 nitrogen and oxygen atoms in total. The Morgan fingerprint density at radius 2 is 1.83 bits per heavy atom. The van der Waals surface area contributed by atoms with Crippen LogP contribution in [0.4, 0.5) is 5.82 Å². The summed E-state index contributed by atoms with van der Waals surface area (Å²) in [5.41, 5.74) is 6.08. The fourth-order valence-corrected chi connectivity index (χ4v) is 2.92. The second-order valence-corrected chi connectivity index (χ2v) is 6.40. The molecular formula is C23H19N5O. The van der Waals surface area contributed by atoms with E-state index >= 15 is 0 Å². The second-order valence-electron chi connectivity index (χ2n) is 6.40. The summed E-state index contributed by atoms with van der Waals surface area (Å²) in [6.07, 6.45) is 5.07. The molecule has 2 aromatic carbocycles. The molecule has 4 rings (SSSR count).